The second kappa shape index (κ2) is 6.56. The number of hydrogen-bond acceptors (Lipinski definition) is 5. The van der Waals surface area contributed by atoms with Gasteiger partial charge in [-0.2, -0.15) is 0 Å². The zero-order valence-electron chi connectivity index (χ0n) is 14.9. The molecular formula is C19H17N5O3. The smallest absolute Gasteiger partial charge is 0.332 e. The van der Waals surface area contributed by atoms with Crippen molar-refractivity contribution in [2.45, 2.75) is 6.54 Å². The third-order valence-corrected chi connectivity index (χ3v) is 4.39. The van der Waals surface area contributed by atoms with E-state index in [0.29, 0.717) is 29.2 Å². The maximum Gasteiger partial charge on any atom is 0.332 e. The molecule has 4 aromatic rings. The Morgan fingerprint density at radius 2 is 1.85 bits per heavy atom. The molecule has 0 bridgehead atoms. The lowest BCUT2D eigenvalue weighted by molar-refractivity contribution is 0.472. The van der Waals surface area contributed by atoms with E-state index in [-0.39, 0.29) is 5.56 Å². The first-order valence-corrected chi connectivity index (χ1v) is 8.33. The van der Waals surface area contributed by atoms with Gasteiger partial charge in [-0.05, 0) is 18.2 Å². The van der Waals surface area contributed by atoms with Crippen molar-refractivity contribution < 1.29 is 4.74 Å². The van der Waals surface area contributed by atoms with E-state index >= 15 is 0 Å². The molecule has 0 fully saturated rings. The number of hydrogen-bond donors (Lipinski definition) is 0. The molecule has 1 aromatic carbocycles. The van der Waals surface area contributed by atoms with Gasteiger partial charge in [0.1, 0.15) is 11.5 Å². The molecule has 0 N–H and O–H groups in total. The number of imidazole rings is 1. The summed E-state index contributed by atoms with van der Waals surface area (Å²) in [6.07, 6.45) is 4.87. The van der Waals surface area contributed by atoms with Crippen LogP contribution in [0.5, 0.6) is 11.5 Å². The summed E-state index contributed by atoms with van der Waals surface area (Å²) in [5.41, 5.74) is 0.815. The zero-order valence-corrected chi connectivity index (χ0v) is 14.9. The van der Waals surface area contributed by atoms with Crippen LogP contribution in [0.1, 0.15) is 5.56 Å². The minimum atomic E-state index is -0.405. The number of rotatable bonds is 4. The van der Waals surface area contributed by atoms with Gasteiger partial charge in [0.25, 0.3) is 5.56 Å². The molecular weight excluding hydrogens is 346 g/mol. The summed E-state index contributed by atoms with van der Waals surface area (Å²) in [5.74, 6) is 1.28. The molecule has 136 valence electrons. The van der Waals surface area contributed by atoms with E-state index in [1.165, 1.54) is 11.6 Å². The van der Waals surface area contributed by atoms with Crippen LogP contribution in [0.15, 0.2) is 64.7 Å². The average Bonchev–Trinajstić information content (AvgIpc) is 3.11. The Balaban J connectivity index is 1.78. The van der Waals surface area contributed by atoms with Gasteiger partial charge in [-0.25, -0.2) is 9.78 Å². The maximum atomic E-state index is 12.6. The van der Waals surface area contributed by atoms with Gasteiger partial charge < -0.3 is 9.30 Å². The Morgan fingerprint density at radius 1 is 1.04 bits per heavy atom. The van der Waals surface area contributed by atoms with E-state index in [1.54, 1.807) is 36.4 Å². The highest BCUT2D eigenvalue weighted by Gasteiger charge is 2.15. The number of para-hydroxylation sites is 1. The molecule has 0 atom stereocenters. The van der Waals surface area contributed by atoms with Crippen LogP contribution in [-0.4, -0.2) is 23.7 Å². The molecule has 0 saturated carbocycles. The lowest BCUT2D eigenvalue weighted by Crippen LogP contribution is -2.37. The van der Waals surface area contributed by atoms with E-state index in [1.807, 2.05) is 30.3 Å². The molecule has 0 spiro atoms. The Kier molecular flexibility index (Phi) is 4.08. The molecule has 4 rings (SSSR count). The topological polar surface area (TPSA) is 83.9 Å². The van der Waals surface area contributed by atoms with Gasteiger partial charge in [0.2, 0.25) is 0 Å². The molecule has 3 heterocycles. The molecule has 8 nitrogen and oxygen atoms in total. The number of aromatic nitrogens is 5. The van der Waals surface area contributed by atoms with Crippen molar-refractivity contribution in [2.75, 3.05) is 0 Å². The highest BCUT2D eigenvalue weighted by atomic mass is 16.5. The molecule has 3 aromatic heterocycles. The average molecular weight is 363 g/mol. The number of nitrogens with zero attached hydrogens (tertiary/aromatic N) is 5. The predicted octanol–water partition coefficient (Wildman–Crippen LogP) is 1.67. The van der Waals surface area contributed by atoms with E-state index in [2.05, 4.69) is 9.97 Å². The summed E-state index contributed by atoms with van der Waals surface area (Å²) >= 11 is 0. The van der Waals surface area contributed by atoms with E-state index in [0.717, 1.165) is 10.1 Å². The van der Waals surface area contributed by atoms with Gasteiger partial charge in [0.15, 0.2) is 11.2 Å². The van der Waals surface area contributed by atoms with Gasteiger partial charge in [-0.15, -0.1) is 0 Å². The van der Waals surface area contributed by atoms with Crippen LogP contribution in [0.25, 0.3) is 11.2 Å². The van der Waals surface area contributed by atoms with E-state index in [9.17, 15) is 9.59 Å². The van der Waals surface area contributed by atoms with Crippen LogP contribution >= 0.6 is 0 Å². The third kappa shape index (κ3) is 2.91. The molecule has 0 radical (unpaired) electrons. The molecule has 0 aliphatic rings. The van der Waals surface area contributed by atoms with E-state index in [4.69, 9.17) is 4.74 Å². The molecule has 0 amide bonds. The Hall–Kier alpha value is -3.68. The third-order valence-electron chi connectivity index (χ3n) is 4.39. The first-order valence-electron chi connectivity index (χ1n) is 8.33. The van der Waals surface area contributed by atoms with Crippen LogP contribution in [0.2, 0.25) is 0 Å². The van der Waals surface area contributed by atoms with Crippen molar-refractivity contribution in [1.29, 1.82) is 0 Å². The van der Waals surface area contributed by atoms with Crippen molar-refractivity contribution in [3.05, 3.63) is 81.5 Å². The highest BCUT2D eigenvalue weighted by Crippen LogP contribution is 2.25. The number of pyridine rings is 1. The minimum absolute atomic E-state index is 0.355. The van der Waals surface area contributed by atoms with Crippen LogP contribution in [0.3, 0.4) is 0 Å². The minimum Gasteiger partial charge on any atom is -0.455 e. The lowest BCUT2D eigenvalue weighted by Gasteiger charge is -2.12. The zero-order chi connectivity index (χ0) is 19.0. The summed E-state index contributed by atoms with van der Waals surface area (Å²) in [7, 11) is 3.06. The van der Waals surface area contributed by atoms with Gasteiger partial charge >= 0.3 is 5.69 Å². The fraction of sp³-hybridized carbons (Fsp3) is 0.158. The first-order chi connectivity index (χ1) is 13.1. The molecule has 0 saturated heterocycles. The molecule has 0 aliphatic carbocycles. The van der Waals surface area contributed by atoms with E-state index < -0.39 is 5.69 Å². The summed E-state index contributed by atoms with van der Waals surface area (Å²) in [6, 6.07) is 11.2. The van der Waals surface area contributed by atoms with Crippen LogP contribution in [0.4, 0.5) is 0 Å². The molecule has 0 aliphatic heterocycles. The van der Waals surface area contributed by atoms with Crippen molar-refractivity contribution in [3.8, 4) is 11.5 Å². The number of ether oxygens (including phenoxy) is 1. The number of fused-ring (bicyclic) bond motifs is 1. The van der Waals surface area contributed by atoms with Crippen molar-refractivity contribution in [2.24, 2.45) is 14.1 Å². The fourth-order valence-corrected chi connectivity index (χ4v) is 2.97. The summed E-state index contributed by atoms with van der Waals surface area (Å²) < 4.78 is 10.1. The van der Waals surface area contributed by atoms with Crippen LogP contribution in [-0.2, 0) is 20.6 Å². The molecule has 8 heteroatoms. The number of benzene rings is 1. The second-order valence-corrected chi connectivity index (χ2v) is 6.15. The van der Waals surface area contributed by atoms with Crippen molar-refractivity contribution >= 4 is 11.2 Å². The maximum absolute atomic E-state index is 12.6. The normalized spacial score (nSPS) is 11.0. The molecule has 27 heavy (non-hydrogen) atoms. The fourth-order valence-electron chi connectivity index (χ4n) is 2.97. The van der Waals surface area contributed by atoms with Crippen LogP contribution < -0.4 is 16.0 Å². The monoisotopic (exact) mass is 363 g/mol. The summed E-state index contributed by atoms with van der Waals surface area (Å²) in [4.78, 5) is 33.0. The van der Waals surface area contributed by atoms with Gasteiger partial charge in [-0.3, -0.25) is 18.9 Å². The Bertz CT molecular complexity index is 1240. The lowest BCUT2D eigenvalue weighted by atomic mass is 10.2. The van der Waals surface area contributed by atoms with Crippen molar-refractivity contribution in [1.82, 2.24) is 23.7 Å². The summed E-state index contributed by atoms with van der Waals surface area (Å²) in [5, 5.41) is 0. The number of aryl methyl sites for hydroxylation is 1. The van der Waals surface area contributed by atoms with Gasteiger partial charge in [0.05, 0.1) is 19.1 Å². The Labute approximate surface area is 153 Å². The first kappa shape index (κ1) is 16.8. The largest absolute Gasteiger partial charge is 0.455 e. The molecule has 0 unspecified atom stereocenters. The second-order valence-electron chi connectivity index (χ2n) is 6.15. The van der Waals surface area contributed by atoms with Crippen LogP contribution in [0, 0.1) is 0 Å². The SMILES string of the molecule is Cn1c(=O)c2c(ncn2Cc2ccccc2Oc2cccnc2)n(C)c1=O. The summed E-state index contributed by atoms with van der Waals surface area (Å²) in [6.45, 7) is 0.375. The van der Waals surface area contributed by atoms with Gasteiger partial charge in [0, 0.05) is 25.9 Å². The quantitative estimate of drug-likeness (QED) is 0.551. The Morgan fingerprint density at radius 3 is 2.63 bits per heavy atom. The van der Waals surface area contributed by atoms with Gasteiger partial charge in [-0.1, -0.05) is 18.2 Å². The predicted molar refractivity (Wildman–Crippen MR) is 100 cm³/mol. The highest BCUT2D eigenvalue weighted by molar-refractivity contribution is 5.70. The standard InChI is InChI=1S/C19H17N5O3/c1-22-17-16(18(25)23(2)19(22)26)24(12-21-17)11-13-6-3-4-8-15(13)27-14-7-5-9-20-10-14/h3-10,12H,11H2,1-2H3. The van der Waals surface area contributed by atoms with Crippen molar-refractivity contribution in [3.63, 3.8) is 0 Å².